The summed E-state index contributed by atoms with van der Waals surface area (Å²) >= 11 is -0.254. The molecule has 1 unspecified atom stereocenters. The summed E-state index contributed by atoms with van der Waals surface area (Å²) in [6, 6.07) is 28.8. The fourth-order valence-electron chi connectivity index (χ4n) is 1.91. The summed E-state index contributed by atoms with van der Waals surface area (Å²) in [7, 11) is 0. The SMILES string of the molecule is c1ccc(N=Nc2ccc([AsH]c3ccccc3)cc2)cc1. The molecule has 0 fully saturated rings. The van der Waals surface area contributed by atoms with E-state index in [1.165, 1.54) is 8.70 Å². The van der Waals surface area contributed by atoms with E-state index in [0.29, 0.717) is 0 Å². The van der Waals surface area contributed by atoms with E-state index in [2.05, 4.69) is 52.7 Å². The first-order valence-corrected chi connectivity index (χ1v) is 8.89. The summed E-state index contributed by atoms with van der Waals surface area (Å²) in [6.07, 6.45) is 0. The molecule has 0 amide bonds. The van der Waals surface area contributed by atoms with Crippen LogP contribution in [0.2, 0.25) is 0 Å². The van der Waals surface area contributed by atoms with E-state index < -0.39 is 0 Å². The predicted molar refractivity (Wildman–Crippen MR) is 89.9 cm³/mol. The number of benzene rings is 3. The van der Waals surface area contributed by atoms with Crippen molar-refractivity contribution in [1.29, 1.82) is 0 Å². The van der Waals surface area contributed by atoms with E-state index in [4.69, 9.17) is 0 Å². The Morgan fingerprint density at radius 3 is 1.57 bits per heavy atom. The van der Waals surface area contributed by atoms with Crippen LogP contribution in [-0.2, 0) is 0 Å². The van der Waals surface area contributed by atoms with Gasteiger partial charge in [-0.25, -0.2) is 0 Å². The molecule has 2 nitrogen and oxygen atoms in total. The Bertz CT molecular complexity index is 707. The molecule has 3 heteroatoms. The molecule has 0 saturated heterocycles. The topological polar surface area (TPSA) is 24.7 Å². The van der Waals surface area contributed by atoms with E-state index in [-0.39, 0.29) is 15.8 Å². The van der Waals surface area contributed by atoms with Crippen molar-refractivity contribution in [3.63, 3.8) is 0 Å². The first kappa shape index (κ1) is 13.8. The fraction of sp³-hybridized carbons (Fsp3) is 0. The van der Waals surface area contributed by atoms with Crippen molar-refractivity contribution in [2.75, 3.05) is 0 Å². The van der Waals surface area contributed by atoms with Gasteiger partial charge >= 0.3 is 131 Å². The van der Waals surface area contributed by atoms with Crippen LogP contribution in [0.5, 0.6) is 0 Å². The Morgan fingerprint density at radius 1 is 0.476 bits per heavy atom. The number of hydrogen-bond acceptors (Lipinski definition) is 2. The van der Waals surface area contributed by atoms with Gasteiger partial charge in [0.25, 0.3) is 0 Å². The summed E-state index contributed by atoms with van der Waals surface area (Å²) in [5, 5.41) is 8.49. The molecule has 0 radical (unpaired) electrons. The molecule has 0 aliphatic carbocycles. The number of azo groups is 1. The molecular weight excluding hydrogens is 319 g/mol. The molecular formula is C18H15AsN2. The molecule has 102 valence electrons. The van der Waals surface area contributed by atoms with Crippen molar-refractivity contribution in [2.24, 2.45) is 10.2 Å². The van der Waals surface area contributed by atoms with Crippen LogP contribution < -0.4 is 8.70 Å². The molecule has 0 aliphatic heterocycles. The molecule has 0 bridgehead atoms. The third-order valence-corrected chi connectivity index (χ3v) is 5.58. The molecule has 0 spiro atoms. The Kier molecular flexibility index (Phi) is 4.60. The molecule has 0 saturated carbocycles. The van der Waals surface area contributed by atoms with Crippen LogP contribution in [0.4, 0.5) is 11.4 Å². The van der Waals surface area contributed by atoms with Crippen LogP contribution >= 0.6 is 0 Å². The van der Waals surface area contributed by atoms with Crippen LogP contribution in [0.25, 0.3) is 0 Å². The van der Waals surface area contributed by atoms with E-state index in [0.717, 1.165) is 11.4 Å². The second-order valence-electron chi connectivity index (χ2n) is 4.57. The van der Waals surface area contributed by atoms with Crippen molar-refractivity contribution in [3.8, 4) is 0 Å². The molecule has 3 rings (SSSR count). The second kappa shape index (κ2) is 7.01. The maximum atomic E-state index is 4.26. The summed E-state index contributed by atoms with van der Waals surface area (Å²) in [5.41, 5.74) is 1.77. The summed E-state index contributed by atoms with van der Waals surface area (Å²) in [6.45, 7) is 0. The monoisotopic (exact) mass is 334 g/mol. The van der Waals surface area contributed by atoms with Gasteiger partial charge in [-0.1, -0.05) is 0 Å². The van der Waals surface area contributed by atoms with Crippen molar-refractivity contribution in [1.82, 2.24) is 0 Å². The zero-order valence-corrected chi connectivity index (χ0v) is 13.6. The summed E-state index contributed by atoms with van der Waals surface area (Å²) in [5.74, 6) is 0. The average Bonchev–Trinajstić information content (AvgIpc) is 2.56. The molecule has 1 atom stereocenters. The molecule has 0 heterocycles. The average molecular weight is 334 g/mol. The Hall–Kier alpha value is -2.18. The van der Waals surface area contributed by atoms with Gasteiger partial charge in [0.2, 0.25) is 0 Å². The van der Waals surface area contributed by atoms with Crippen LogP contribution in [0, 0.1) is 0 Å². The third-order valence-electron chi connectivity index (χ3n) is 2.97. The van der Waals surface area contributed by atoms with Gasteiger partial charge in [-0.2, -0.15) is 0 Å². The van der Waals surface area contributed by atoms with E-state index in [9.17, 15) is 0 Å². The van der Waals surface area contributed by atoms with Crippen LogP contribution in [0.3, 0.4) is 0 Å². The van der Waals surface area contributed by atoms with Gasteiger partial charge in [0, 0.05) is 0 Å². The molecule has 0 aliphatic rings. The first-order valence-electron chi connectivity index (χ1n) is 6.79. The molecule has 3 aromatic rings. The van der Waals surface area contributed by atoms with Crippen LogP contribution in [0.15, 0.2) is 95.2 Å². The van der Waals surface area contributed by atoms with Gasteiger partial charge in [0.15, 0.2) is 0 Å². The van der Waals surface area contributed by atoms with Gasteiger partial charge in [-0.15, -0.1) is 0 Å². The van der Waals surface area contributed by atoms with Crippen molar-refractivity contribution in [2.45, 2.75) is 0 Å². The zero-order chi connectivity index (χ0) is 14.3. The summed E-state index contributed by atoms with van der Waals surface area (Å²) < 4.78 is 2.84. The predicted octanol–water partition coefficient (Wildman–Crippen LogP) is 3.49. The standard InChI is InChI=1S/C18H15AsN2/c1-3-7-15(8-4-1)19-16-11-13-18(14-12-16)21-20-17-9-5-2-6-10-17/h1-14,19H. The molecule has 0 N–H and O–H groups in total. The number of rotatable bonds is 4. The van der Waals surface area contributed by atoms with Gasteiger partial charge in [-0.3, -0.25) is 0 Å². The quantitative estimate of drug-likeness (QED) is 0.515. The van der Waals surface area contributed by atoms with Crippen molar-refractivity contribution < 1.29 is 0 Å². The zero-order valence-electron chi connectivity index (χ0n) is 11.5. The minimum absolute atomic E-state index is 0.254. The van der Waals surface area contributed by atoms with Crippen LogP contribution in [0.1, 0.15) is 0 Å². The molecule has 0 aromatic heterocycles. The second-order valence-corrected chi connectivity index (χ2v) is 7.52. The number of nitrogens with zero attached hydrogens (tertiary/aromatic N) is 2. The van der Waals surface area contributed by atoms with E-state index >= 15 is 0 Å². The normalized spacial score (nSPS) is 11.4. The first-order chi connectivity index (χ1) is 10.4. The maximum absolute atomic E-state index is 4.26. The third kappa shape index (κ3) is 4.14. The van der Waals surface area contributed by atoms with Gasteiger partial charge in [-0.05, 0) is 0 Å². The minimum atomic E-state index is -0.254. The number of hydrogen-bond donors (Lipinski definition) is 0. The van der Waals surface area contributed by atoms with Crippen LogP contribution in [-0.4, -0.2) is 15.8 Å². The van der Waals surface area contributed by atoms with E-state index in [1.54, 1.807) is 0 Å². The van der Waals surface area contributed by atoms with Crippen molar-refractivity contribution in [3.05, 3.63) is 84.9 Å². The Morgan fingerprint density at radius 2 is 0.952 bits per heavy atom. The Labute approximate surface area is 131 Å². The van der Waals surface area contributed by atoms with Gasteiger partial charge in [0.1, 0.15) is 0 Å². The molecule has 3 aromatic carbocycles. The fourth-order valence-corrected chi connectivity index (χ4v) is 4.06. The molecule has 21 heavy (non-hydrogen) atoms. The summed E-state index contributed by atoms with van der Waals surface area (Å²) in [4.78, 5) is 0. The Balaban J connectivity index is 1.68. The van der Waals surface area contributed by atoms with Gasteiger partial charge in [0.05, 0.1) is 0 Å². The van der Waals surface area contributed by atoms with Crippen molar-refractivity contribution >= 4 is 35.8 Å². The van der Waals surface area contributed by atoms with E-state index in [1.807, 2.05) is 42.5 Å². The van der Waals surface area contributed by atoms with Gasteiger partial charge < -0.3 is 0 Å².